The van der Waals surface area contributed by atoms with E-state index in [1.165, 1.54) is 0 Å². The van der Waals surface area contributed by atoms with Crippen molar-refractivity contribution >= 4 is 17.6 Å². The van der Waals surface area contributed by atoms with Crippen LogP contribution in [-0.4, -0.2) is 13.1 Å². The number of nitriles is 1. The van der Waals surface area contributed by atoms with Gasteiger partial charge in [0.15, 0.2) is 0 Å². The third-order valence-electron chi connectivity index (χ3n) is 4.89. The summed E-state index contributed by atoms with van der Waals surface area (Å²) in [5.41, 5.74) is 3.71. The molecule has 3 rings (SSSR count). The summed E-state index contributed by atoms with van der Waals surface area (Å²) in [6.07, 6.45) is 1.76. The van der Waals surface area contributed by atoms with Crippen molar-refractivity contribution in [3.8, 4) is 17.6 Å². The smallest absolute Gasteiger partial charge is 0.343 e. The van der Waals surface area contributed by atoms with Gasteiger partial charge in [0.25, 0.3) is 0 Å². The van der Waals surface area contributed by atoms with Crippen molar-refractivity contribution in [2.75, 3.05) is 7.11 Å². The van der Waals surface area contributed by atoms with E-state index in [1.807, 2.05) is 42.5 Å². The molecule has 0 unspecified atom stereocenters. The van der Waals surface area contributed by atoms with Gasteiger partial charge in [-0.25, -0.2) is 4.79 Å². The molecular formula is C27H25NO3. The van der Waals surface area contributed by atoms with E-state index in [0.29, 0.717) is 16.9 Å². The van der Waals surface area contributed by atoms with Crippen LogP contribution in [0.5, 0.6) is 11.5 Å². The van der Waals surface area contributed by atoms with Crippen LogP contribution in [0.2, 0.25) is 0 Å². The zero-order valence-electron chi connectivity index (χ0n) is 18.2. The van der Waals surface area contributed by atoms with Crippen LogP contribution in [0.25, 0.3) is 11.6 Å². The lowest BCUT2D eigenvalue weighted by molar-refractivity contribution is 0.0734. The molecule has 0 fully saturated rings. The molecular weight excluding hydrogens is 386 g/mol. The van der Waals surface area contributed by atoms with Crippen LogP contribution in [0.3, 0.4) is 0 Å². The maximum absolute atomic E-state index is 12.5. The Kier molecular flexibility index (Phi) is 6.57. The zero-order valence-corrected chi connectivity index (χ0v) is 18.2. The highest BCUT2D eigenvalue weighted by Crippen LogP contribution is 2.24. The van der Waals surface area contributed by atoms with Gasteiger partial charge < -0.3 is 9.47 Å². The van der Waals surface area contributed by atoms with Gasteiger partial charge >= 0.3 is 5.97 Å². The summed E-state index contributed by atoms with van der Waals surface area (Å²) in [7, 11) is 1.60. The number of hydrogen-bond donors (Lipinski definition) is 0. The van der Waals surface area contributed by atoms with Crippen molar-refractivity contribution in [2.24, 2.45) is 0 Å². The predicted octanol–water partition coefficient (Wildman–Crippen LogP) is 6.28. The van der Waals surface area contributed by atoms with E-state index in [1.54, 1.807) is 43.5 Å². The first-order valence-corrected chi connectivity index (χ1v) is 9.99. The number of carbonyl (C=O) groups excluding carboxylic acids is 1. The molecule has 0 radical (unpaired) electrons. The maximum atomic E-state index is 12.5. The van der Waals surface area contributed by atoms with E-state index in [0.717, 1.165) is 22.4 Å². The highest BCUT2D eigenvalue weighted by atomic mass is 16.5. The minimum atomic E-state index is -0.419. The first-order valence-electron chi connectivity index (χ1n) is 9.99. The average Bonchev–Trinajstić information content (AvgIpc) is 2.77. The van der Waals surface area contributed by atoms with E-state index in [-0.39, 0.29) is 5.41 Å². The van der Waals surface area contributed by atoms with Crippen LogP contribution < -0.4 is 9.47 Å². The van der Waals surface area contributed by atoms with Gasteiger partial charge in [-0.05, 0) is 76.7 Å². The van der Waals surface area contributed by atoms with Crippen LogP contribution in [0.15, 0.2) is 72.8 Å². The summed E-state index contributed by atoms with van der Waals surface area (Å²) in [5, 5.41) is 9.58. The second-order valence-electron chi connectivity index (χ2n) is 8.19. The molecule has 0 atom stereocenters. The van der Waals surface area contributed by atoms with E-state index in [2.05, 4.69) is 26.8 Å². The topological polar surface area (TPSA) is 59.3 Å². The monoisotopic (exact) mass is 411 g/mol. The Balaban J connectivity index is 1.78. The first kappa shape index (κ1) is 21.9. The number of carbonyl (C=O) groups is 1. The Hall–Kier alpha value is -3.84. The molecule has 0 aromatic heterocycles. The lowest BCUT2D eigenvalue weighted by atomic mass is 9.87. The molecule has 3 aromatic rings. The van der Waals surface area contributed by atoms with E-state index in [4.69, 9.17) is 9.47 Å². The van der Waals surface area contributed by atoms with Crippen LogP contribution in [0.4, 0.5) is 0 Å². The van der Waals surface area contributed by atoms with Crippen LogP contribution in [-0.2, 0) is 5.41 Å². The summed E-state index contributed by atoms with van der Waals surface area (Å²) in [6.45, 7) is 6.38. The molecule has 4 heteroatoms. The Bertz CT molecular complexity index is 1130. The van der Waals surface area contributed by atoms with Gasteiger partial charge in [0, 0.05) is 0 Å². The fourth-order valence-corrected chi connectivity index (χ4v) is 3.06. The molecule has 0 amide bonds. The van der Waals surface area contributed by atoms with Crippen LogP contribution in [0.1, 0.15) is 47.8 Å². The predicted molar refractivity (Wildman–Crippen MR) is 123 cm³/mol. The third kappa shape index (κ3) is 5.61. The Morgan fingerprint density at radius 2 is 1.55 bits per heavy atom. The van der Waals surface area contributed by atoms with Gasteiger partial charge in [-0.15, -0.1) is 0 Å². The van der Waals surface area contributed by atoms with Crippen molar-refractivity contribution in [1.82, 2.24) is 0 Å². The second-order valence-corrected chi connectivity index (χ2v) is 8.19. The first-order chi connectivity index (χ1) is 14.8. The van der Waals surface area contributed by atoms with E-state index >= 15 is 0 Å². The molecule has 0 bridgehead atoms. The van der Waals surface area contributed by atoms with Gasteiger partial charge in [0.05, 0.1) is 24.3 Å². The number of rotatable bonds is 5. The van der Waals surface area contributed by atoms with Crippen molar-refractivity contribution in [3.63, 3.8) is 0 Å². The molecule has 156 valence electrons. The summed E-state index contributed by atoms with van der Waals surface area (Å²) in [4.78, 5) is 12.5. The van der Waals surface area contributed by atoms with Crippen molar-refractivity contribution < 1.29 is 14.3 Å². The molecule has 4 nitrogen and oxygen atoms in total. The maximum Gasteiger partial charge on any atom is 0.343 e. The SMILES string of the molecule is COc1ccc(/C(C#N)=C\c2cccc(OC(=O)c3ccc(C(C)(C)C)cc3)c2)cc1. The molecule has 0 N–H and O–H groups in total. The molecule has 0 spiro atoms. The minimum Gasteiger partial charge on any atom is -0.497 e. The van der Waals surface area contributed by atoms with Gasteiger partial charge in [-0.2, -0.15) is 5.26 Å². The Morgan fingerprint density at radius 3 is 2.13 bits per heavy atom. The van der Waals surface area contributed by atoms with Crippen LogP contribution >= 0.6 is 0 Å². The largest absolute Gasteiger partial charge is 0.497 e. The fourth-order valence-electron chi connectivity index (χ4n) is 3.06. The van der Waals surface area contributed by atoms with Gasteiger partial charge in [0.2, 0.25) is 0 Å². The molecule has 0 heterocycles. The summed E-state index contributed by atoms with van der Waals surface area (Å²) >= 11 is 0. The number of benzene rings is 3. The quantitative estimate of drug-likeness (QED) is 0.215. The summed E-state index contributed by atoms with van der Waals surface area (Å²) in [5.74, 6) is 0.730. The lowest BCUT2D eigenvalue weighted by Crippen LogP contribution is -2.12. The van der Waals surface area contributed by atoms with E-state index < -0.39 is 5.97 Å². The molecule has 0 aliphatic carbocycles. The van der Waals surface area contributed by atoms with Gasteiger partial charge in [-0.1, -0.05) is 45.0 Å². The number of esters is 1. The highest BCUT2D eigenvalue weighted by Gasteiger charge is 2.15. The Labute approximate surface area is 183 Å². The normalized spacial score (nSPS) is 11.5. The molecule has 31 heavy (non-hydrogen) atoms. The summed E-state index contributed by atoms with van der Waals surface area (Å²) < 4.78 is 10.7. The standard InChI is InChI=1S/C27H25NO3/c1-27(2,3)23-12-8-21(9-13-23)26(29)31-25-7-5-6-19(17-25)16-22(18-28)20-10-14-24(30-4)15-11-20/h5-17H,1-4H3/b22-16-. The number of nitrogens with zero attached hydrogens (tertiary/aromatic N) is 1. The third-order valence-corrected chi connectivity index (χ3v) is 4.89. The summed E-state index contributed by atoms with van der Waals surface area (Å²) in [6, 6.07) is 24.1. The van der Waals surface area contributed by atoms with Gasteiger partial charge in [0.1, 0.15) is 11.5 Å². The second kappa shape index (κ2) is 9.32. The van der Waals surface area contributed by atoms with Crippen molar-refractivity contribution in [1.29, 1.82) is 5.26 Å². The highest BCUT2D eigenvalue weighted by molar-refractivity contribution is 5.92. The molecule has 0 saturated carbocycles. The fraction of sp³-hybridized carbons (Fsp3) is 0.185. The zero-order chi connectivity index (χ0) is 22.4. The van der Waals surface area contributed by atoms with Gasteiger partial charge in [-0.3, -0.25) is 0 Å². The average molecular weight is 412 g/mol. The molecule has 0 aliphatic heterocycles. The Morgan fingerprint density at radius 1 is 0.903 bits per heavy atom. The lowest BCUT2D eigenvalue weighted by Gasteiger charge is -2.18. The molecule has 0 saturated heterocycles. The minimum absolute atomic E-state index is 0.0193. The van der Waals surface area contributed by atoms with Crippen LogP contribution in [0, 0.1) is 11.3 Å². The van der Waals surface area contributed by atoms with Crippen molar-refractivity contribution in [3.05, 3.63) is 95.1 Å². The van der Waals surface area contributed by atoms with Crippen molar-refractivity contribution in [2.45, 2.75) is 26.2 Å². The molecule has 0 aliphatic rings. The number of hydrogen-bond acceptors (Lipinski definition) is 4. The number of methoxy groups -OCH3 is 1. The van der Waals surface area contributed by atoms with E-state index in [9.17, 15) is 10.1 Å². The number of ether oxygens (including phenoxy) is 2. The number of allylic oxidation sites excluding steroid dienone is 1. The molecule has 3 aromatic carbocycles.